The van der Waals surface area contributed by atoms with Crippen LogP contribution in [0.2, 0.25) is 0 Å². The van der Waals surface area contributed by atoms with Crippen LogP contribution in [-0.4, -0.2) is 29.1 Å². The van der Waals surface area contributed by atoms with Crippen molar-refractivity contribution in [1.82, 2.24) is 10.2 Å². The molecule has 6 nitrogen and oxygen atoms in total. The number of carbonyl (C=O) groups excluding carboxylic acids is 2. The number of methoxy groups -OCH3 is 1. The Labute approximate surface area is 202 Å². The van der Waals surface area contributed by atoms with Gasteiger partial charge in [-0.3, -0.25) is 4.79 Å². The molecular weight excluding hydrogens is 453 g/mol. The van der Waals surface area contributed by atoms with E-state index in [0.29, 0.717) is 28.4 Å². The fourth-order valence-electron chi connectivity index (χ4n) is 4.13. The molecule has 4 rings (SSSR count). The summed E-state index contributed by atoms with van der Waals surface area (Å²) in [6.07, 6.45) is 0.641. The lowest BCUT2D eigenvalue weighted by Crippen LogP contribution is -2.38. The summed E-state index contributed by atoms with van der Waals surface area (Å²) in [4.78, 5) is 32.4. The maximum atomic E-state index is 13.9. The van der Waals surface area contributed by atoms with Crippen LogP contribution in [0.1, 0.15) is 42.5 Å². The Morgan fingerprint density at radius 1 is 1.21 bits per heavy atom. The minimum Gasteiger partial charge on any atom is -0.466 e. The van der Waals surface area contributed by atoms with Crippen molar-refractivity contribution in [1.29, 1.82) is 0 Å². The average Bonchev–Trinajstić information content (AvgIpc) is 3.23. The predicted molar refractivity (Wildman–Crippen MR) is 131 cm³/mol. The van der Waals surface area contributed by atoms with Crippen LogP contribution in [0.15, 0.2) is 75.9 Å². The van der Waals surface area contributed by atoms with Gasteiger partial charge in [0.25, 0.3) is 0 Å². The molecule has 0 saturated heterocycles. The molecule has 0 bridgehead atoms. The van der Waals surface area contributed by atoms with Gasteiger partial charge >= 0.3 is 5.97 Å². The number of benzene rings is 2. The highest BCUT2D eigenvalue weighted by Gasteiger charge is 2.41. The van der Waals surface area contributed by atoms with E-state index in [2.05, 4.69) is 5.32 Å². The number of nitrogens with one attached hydrogen (secondary N) is 1. The van der Waals surface area contributed by atoms with Gasteiger partial charge in [-0.1, -0.05) is 66.7 Å². The summed E-state index contributed by atoms with van der Waals surface area (Å²) in [5.41, 5.74) is 4.27. The van der Waals surface area contributed by atoms with Crippen LogP contribution >= 0.6 is 11.8 Å². The Morgan fingerprint density at radius 3 is 2.71 bits per heavy atom. The first-order chi connectivity index (χ1) is 16.4. The molecule has 2 aliphatic rings. The quantitative estimate of drug-likeness (QED) is 0.568. The molecule has 0 aliphatic carbocycles. The van der Waals surface area contributed by atoms with E-state index in [1.54, 1.807) is 18.2 Å². The molecule has 2 aliphatic heterocycles. The molecule has 8 heteroatoms. The fourth-order valence-corrected chi connectivity index (χ4v) is 5.07. The van der Waals surface area contributed by atoms with E-state index in [1.807, 2.05) is 48.4 Å². The van der Waals surface area contributed by atoms with E-state index in [9.17, 15) is 14.0 Å². The molecule has 1 atom stereocenters. The number of amidine groups is 1. The third-order valence-corrected chi connectivity index (χ3v) is 6.65. The lowest BCUT2D eigenvalue weighted by atomic mass is 9.92. The number of amides is 1. The van der Waals surface area contributed by atoms with Crippen molar-refractivity contribution in [3.8, 4) is 0 Å². The van der Waals surface area contributed by atoms with Crippen molar-refractivity contribution in [2.45, 2.75) is 39.3 Å². The summed E-state index contributed by atoms with van der Waals surface area (Å²) in [7, 11) is 1.36. The minimum absolute atomic E-state index is 0.0682. The third-order valence-electron chi connectivity index (χ3n) is 5.76. The van der Waals surface area contributed by atoms with E-state index < -0.39 is 12.0 Å². The second-order valence-electron chi connectivity index (χ2n) is 8.06. The summed E-state index contributed by atoms with van der Waals surface area (Å²) in [5.74, 6) is -1.04. The van der Waals surface area contributed by atoms with Crippen LogP contribution < -0.4 is 5.32 Å². The molecule has 0 aromatic heterocycles. The number of rotatable bonds is 7. The number of carbonyl (C=O) groups is 2. The highest BCUT2D eigenvalue weighted by Crippen LogP contribution is 2.45. The molecule has 2 aromatic carbocycles. The van der Waals surface area contributed by atoms with E-state index in [-0.39, 0.29) is 24.7 Å². The summed E-state index contributed by atoms with van der Waals surface area (Å²) in [5, 5.41) is 5.39. The number of nitrogens with zero attached hydrogens (tertiary/aromatic N) is 2. The van der Waals surface area contributed by atoms with Crippen molar-refractivity contribution in [3.63, 3.8) is 0 Å². The minimum atomic E-state index is -0.463. The number of hydrogen-bond acceptors (Lipinski definition) is 6. The smallest absolute Gasteiger partial charge is 0.338 e. The molecule has 1 N–H and O–H groups in total. The number of allylic oxidation sites excluding steroid dienone is 1. The second-order valence-corrected chi connectivity index (χ2v) is 8.90. The van der Waals surface area contributed by atoms with Gasteiger partial charge in [0.1, 0.15) is 5.82 Å². The van der Waals surface area contributed by atoms with Gasteiger partial charge in [-0.2, -0.15) is 0 Å². The molecular formula is C26H26FN3O3S. The number of fused-ring (bicyclic) bond motifs is 1. The SMILES string of the molecule is CCC1=C(C(=O)OC)C(c2cccc(C)c2)N2C(CC(=O)NCc3ccccc3F)=CSC2=N1. The molecule has 2 heterocycles. The maximum Gasteiger partial charge on any atom is 0.338 e. The zero-order valence-corrected chi connectivity index (χ0v) is 20.1. The molecule has 0 saturated carbocycles. The highest BCUT2D eigenvalue weighted by molar-refractivity contribution is 8.16. The number of halogens is 1. The van der Waals surface area contributed by atoms with Gasteiger partial charge in [-0.25, -0.2) is 14.2 Å². The number of esters is 1. The standard InChI is InChI=1S/C26H26FN3O3S/c1-4-21-23(25(32)33-3)24(17-10-7-8-16(2)12-17)30-19(15-34-26(30)29-21)13-22(31)28-14-18-9-5-6-11-20(18)27/h5-12,15,24H,4,13-14H2,1-3H3,(H,28,31). The van der Waals surface area contributed by atoms with Gasteiger partial charge in [0, 0.05) is 17.8 Å². The first-order valence-electron chi connectivity index (χ1n) is 11.0. The lowest BCUT2D eigenvalue weighted by molar-refractivity contribution is -0.136. The van der Waals surface area contributed by atoms with Gasteiger partial charge < -0.3 is 15.0 Å². The van der Waals surface area contributed by atoms with Crippen molar-refractivity contribution >= 4 is 28.8 Å². The highest BCUT2D eigenvalue weighted by atomic mass is 32.2. The molecule has 0 fully saturated rings. The first-order valence-corrected chi connectivity index (χ1v) is 11.9. The van der Waals surface area contributed by atoms with Crippen LogP contribution in [-0.2, 0) is 20.9 Å². The molecule has 2 aromatic rings. The van der Waals surface area contributed by atoms with Crippen LogP contribution in [0.3, 0.4) is 0 Å². The monoisotopic (exact) mass is 479 g/mol. The van der Waals surface area contributed by atoms with Crippen molar-refractivity contribution in [2.24, 2.45) is 4.99 Å². The second kappa shape index (κ2) is 10.3. The number of hydrogen-bond donors (Lipinski definition) is 1. The Morgan fingerprint density at radius 2 is 2.00 bits per heavy atom. The van der Waals surface area contributed by atoms with Gasteiger partial charge in [-0.15, -0.1) is 0 Å². The fraction of sp³-hybridized carbons (Fsp3) is 0.269. The van der Waals surface area contributed by atoms with Crippen LogP contribution in [0.25, 0.3) is 0 Å². The first kappa shape index (κ1) is 23.8. The summed E-state index contributed by atoms with van der Waals surface area (Å²) < 4.78 is 19.1. The van der Waals surface area contributed by atoms with Gasteiger partial charge in [0.15, 0.2) is 5.17 Å². The lowest BCUT2D eigenvalue weighted by Gasteiger charge is -2.36. The zero-order valence-electron chi connectivity index (χ0n) is 19.3. The van der Waals surface area contributed by atoms with Crippen LogP contribution in [0.4, 0.5) is 4.39 Å². The number of thioether (sulfide) groups is 1. The average molecular weight is 480 g/mol. The van der Waals surface area contributed by atoms with Gasteiger partial charge in [0.05, 0.1) is 30.8 Å². The summed E-state index contributed by atoms with van der Waals surface area (Å²) >= 11 is 1.42. The van der Waals surface area contributed by atoms with E-state index >= 15 is 0 Å². The van der Waals surface area contributed by atoms with E-state index in [1.165, 1.54) is 24.9 Å². The van der Waals surface area contributed by atoms with Crippen LogP contribution in [0, 0.1) is 12.7 Å². The topological polar surface area (TPSA) is 71.0 Å². The Hall–Kier alpha value is -3.39. The molecule has 0 radical (unpaired) electrons. The van der Waals surface area contributed by atoms with E-state index in [0.717, 1.165) is 16.8 Å². The molecule has 0 spiro atoms. The molecule has 1 unspecified atom stereocenters. The largest absolute Gasteiger partial charge is 0.466 e. The van der Waals surface area contributed by atoms with Crippen molar-refractivity contribution < 1.29 is 18.7 Å². The number of aliphatic imine (C=N–C) groups is 1. The molecule has 1 amide bonds. The summed E-state index contributed by atoms with van der Waals surface area (Å²) in [6.45, 7) is 4.05. The maximum absolute atomic E-state index is 13.9. The normalized spacial score (nSPS) is 17.2. The Kier molecular flexibility index (Phi) is 7.17. The van der Waals surface area contributed by atoms with Crippen molar-refractivity contribution in [2.75, 3.05) is 7.11 Å². The molecule has 176 valence electrons. The van der Waals surface area contributed by atoms with Crippen LogP contribution in [0.5, 0.6) is 0 Å². The van der Waals surface area contributed by atoms with Gasteiger partial charge in [0.2, 0.25) is 5.91 Å². The van der Waals surface area contributed by atoms with Crippen molar-refractivity contribution in [3.05, 3.63) is 93.4 Å². The number of ether oxygens (including phenoxy) is 1. The number of aryl methyl sites for hydroxylation is 1. The summed E-state index contributed by atoms with van der Waals surface area (Å²) in [6, 6.07) is 13.8. The zero-order chi connectivity index (χ0) is 24.2. The molecule has 34 heavy (non-hydrogen) atoms. The third kappa shape index (κ3) is 4.77. The van der Waals surface area contributed by atoms with E-state index in [4.69, 9.17) is 9.73 Å². The Bertz CT molecular complexity index is 1220. The predicted octanol–water partition coefficient (Wildman–Crippen LogP) is 4.98. The van der Waals surface area contributed by atoms with Gasteiger partial charge in [-0.05, 0) is 30.4 Å². The Balaban J connectivity index is 1.63.